The van der Waals surface area contributed by atoms with Crippen LogP contribution in [0.1, 0.15) is 43.5 Å². The van der Waals surface area contributed by atoms with E-state index >= 15 is 0 Å². The zero-order valence-corrected chi connectivity index (χ0v) is 31.9. The summed E-state index contributed by atoms with van der Waals surface area (Å²) in [4.78, 5) is 36.5. The van der Waals surface area contributed by atoms with Crippen LogP contribution < -0.4 is 10.6 Å². The summed E-state index contributed by atoms with van der Waals surface area (Å²) in [5, 5.41) is 22.2. The Morgan fingerprint density at radius 3 is 1.89 bits per heavy atom. The van der Waals surface area contributed by atoms with Crippen molar-refractivity contribution >= 4 is 69.3 Å². The third-order valence-corrected chi connectivity index (χ3v) is 10.5. The summed E-state index contributed by atoms with van der Waals surface area (Å²) in [6, 6.07) is 38.7. The first-order chi connectivity index (χ1) is 27.5. The number of hydrogen-bond acceptors (Lipinski definition) is 8. The molecular formula is C44H34N8O2S2. The average molecular weight is 771 g/mol. The van der Waals surface area contributed by atoms with Crippen molar-refractivity contribution in [2.24, 2.45) is 0 Å². The molecule has 4 heterocycles. The van der Waals surface area contributed by atoms with Crippen LogP contribution >= 0.6 is 23.5 Å². The van der Waals surface area contributed by atoms with Crippen LogP contribution in [-0.2, 0) is 0 Å². The van der Waals surface area contributed by atoms with Gasteiger partial charge in [0.05, 0.1) is 33.5 Å². The van der Waals surface area contributed by atoms with E-state index in [2.05, 4.69) is 52.8 Å². The van der Waals surface area contributed by atoms with Crippen molar-refractivity contribution in [2.75, 3.05) is 14.1 Å². The van der Waals surface area contributed by atoms with Gasteiger partial charge in [0.25, 0.3) is 11.8 Å². The van der Waals surface area contributed by atoms with E-state index in [0.29, 0.717) is 16.8 Å². The summed E-state index contributed by atoms with van der Waals surface area (Å²) in [7, 11) is 3.27. The Hall–Kier alpha value is -6.94. The van der Waals surface area contributed by atoms with Gasteiger partial charge in [-0.25, -0.2) is 4.98 Å². The minimum absolute atomic E-state index is 0.0901. The molecule has 0 saturated carbocycles. The zero-order chi connectivity index (χ0) is 38.7. The van der Waals surface area contributed by atoms with Crippen LogP contribution in [0.2, 0.25) is 0 Å². The first kappa shape index (κ1) is 37.4. The van der Waals surface area contributed by atoms with Crippen molar-refractivity contribution in [3.05, 3.63) is 168 Å². The lowest BCUT2D eigenvalue weighted by Crippen LogP contribution is -2.18. The van der Waals surface area contributed by atoms with E-state index in [4.69, 9.17) is 0 Å². The Morgan fingerprint density at radius 2 is 1.25 bits per heavy atom. The van der Waals surface area contributed by atoms with Gasteiger partial charge in [-0.2, -0.15) is 10.2 Å². The highest BCUT2D eigenvalue weighted by molar-refractivity contribution is 7.99. The second-order valence-corrected chi connectivity index (χ2v) is 14.2. The first-order valence-electron chi connectivity index (χ1n) is 17.5. The van der Waals surface area contributed by atoms with E-state index in [0.717, 1.165) is 58.5 Å². The lowest BCUT2D eigenvalue weighted by atomic mass is 10.2. The van der Waals surface area contributed by atoms with Crippen LogP contribution in [0.5, 0.6) is 0 Å². The van der Waals surface area contributed by atoms with Gasteiger partial charge in [-0.3, -0.25) is 24.8 Å². The van der Waals surface area contributed by atoms with Crippen molar-refractivity contribution in [3.8, 4) is 11.8 Å². The maximum absolute atomic E-state index is 12.1. The number of amides is 2. The fourth-order valence-corrected chi connectivity index (χ4v) is 7.53. The standard InChI is InChI=1S/C22H18N4OS.C22H16N4OS/c2*1-23-22(27)18-7-2-3-8-21(18)28-16-10-11-17-19(25-26-20(17)14-16)12-9-15-6-4-5-13-24-15/h2-14H,1H3,(H,23,27)(H,25,26);2-8,10-11,13-14H,1H3,(H,23,27)(H,25,26)/b12-9-;. The number of rotatable bonds is 8. The zero-order valence-electron chi connectivity index (χ0n) is 30.3. The summed E-state index contributed by atoms with van der Waals surface area (Å²) < 4.78 is 0. The van der Waals surface area contributed by atoms with Crippen molar-refractivity contribution in [2.45, 2.75) is 19.6 Å². The molecule has 0 fully saturated rings. The fourth-order valence-electron chi connectivity index (χ4n) is 5.57. The maximum Gasteiger partial charge on any atom is 0.252 e. The molecule has 0 aliphatic rings. The largest absolute Gasteiger partial charge is 0.355 e. The summed E-state index contributed by atoms with van der Waals surface area (Å²) in [6.45, 7) is 0. The second-order valence-electron chi connectivity index (χ2n) is 12.0. The molecule has 0 spiro atoms. The van der Waals surface area contributed by atoms with Gasteiger partial charge in [0.1, 0.15) is 11.4 Å². The topological polar surface area (TPSA) is 141 Å². The van der Waals surface area contributed by atoms with Gasteiger partial charge in [0.2, 0.25) is 0 Å². The molecule has 4 aromatic carbocycles. The quantitative estimate of drug-likeness (QED) is 0.113. The highest BCUT2D eigenvalue weighted by Gasteiger charge is 2.13. The highest BCUT2D eigenvalue weighted by atomic mass is 32.2. The molecule has 8 rings (SSSR count). The summed E-state index contributed by atoms with van der Waals surface area (Å²) >= 11 is 3.09. The molecular weight excluding hydrogens is 737 g/mol. The normalized spacial score (nSPS) is 10.8. The number of fused-ring (bicyclic) bond motifs is 2. The molecule has 4 N–H and O–H groups in total. The molecule has 0 unspecified atom stereocenters. The molecule has 0 aliphatic carbocycles. The van der Waals surface area contributed by atoms with Crippen molar-refractivity contribution < 1.29 is 9.59 Å². The van der Waals surface area contributed by atoms with Gasteiger partial charge >= 0.3 is 0 Å². The number of nitrogens with one attached hydrogen (secondary N) is 4. The molecule has 274 valence electrons. The Morgan fingerprint density at radius 1 is 0.625 bits per heavy atom. The Balaban J connectivity index is 0.000000172. The number of nitrogens with zero attached hydrogens (tertiary/aromatic N) is 4. The molecule has 0 atom stereocenters. The van der Waals surface area contributed by atoms with Crippen molar-refractivity contribution in [3.63, 3.8) is 0 Å². The van der Waals surface area contributed by atoms with Crippen LogP contribution in [0.4, 0.5) is 0 Å². The lowest BCUT2D eigenvalue weighted by Gasteiger charge is -2.08. The van der Waals surface area contributed by atoms with Crippen LogP contribution in [0.3, 0.4) is 0 Å². The second kappa shape index (κ2) is 17.9. The van der Waals surface area contributed by atoms with Gasteiger partial charge in [-0.05, 0) is 109 Å². The van der Waals surface area contributed by atoms with E-state index in [1.807, 2.05) is 133 Å². The van der Waals surface area contributed by atoms with E-state index in [-0.39, 0.29) is 11.8 Å². The van der Waals surface area contributed by atoms with E-state index in [9.17, 15) is 9.59 Å². The predicted molar refractivity (Wildman–Crippen MR) is 223 cm³/mol. The summed E-state index contributed by atoms with van der Waals surface area (Å²) in [6.07, 6.45) is 7.38. The number of benzene rings is 4. The summed E-state index contributed by atoms with van der Waals surface area (Å²) in [5.41, 5.74) is 6.30. The molecule has 0 saturated heterocycles. The highest BCUT2D eigenvalue weighted by Crippen LogP contribution is 2.34. The average Bonchev–Trinajstić information content (AvgIpc) is 3.86. The molecule has 2 amide bonds. The number of H-pyrrole nitrogens is 2. The Labute approximate surface area is 331 Å². The minimum atomic E-state index is -0.101. The van der Waals surface area contributed by atoms with Crippen molar-refractivity contribution in [1.29, 1.82) is 0 Å². The molecule has 4 aromatic heterocycles. The van der Waals surface area contributed by atoms with E-state index in [1.165, 1.54) is 11.8 Å². The smallest absolute Gasteiger partial charge is 0.252 e. The number of carbonyl (C=O) groups is 2. The van der Waals surface area contributed by atoms with Gasteiger partial charge in [0, 0.05) is 56.8 Å². The van der Waals surface area contributed by atoms with Crippen molar-refractivity contribution in [1.82, 2.24) is 41.0 Å². The maximum atomic E-state index is 12.1. The molecule has 56 heavy (non-hydrogen) atoms. The predicted octanol–water partition coefficient (Wildman–Crippen LogP) is 8.51. The molecule has 8 aromatic rings. The third kappa shape index (κ3) is 9.05. The summed E-state index contributed by atoms with van der Waals surface area (Å²) in [5.74, 6) is 5.94. The Kier molecular flexibility index (Phi) is 12.0. The molecule has 10 nitrogen and oxygen atoms in total. The van der Waals surface area contributed by atoms with Crippen LogP contribution in [0, 0.1) is 11.8 Å². The van der Waals surface area contributed by atoms with Gasteiger partial charge in [0.15, 0.2) is 0 Å². The lowest BCUT2D eigenvalue weighted by molar-refractivity contribution is 0.0952. The molecule has 0 radical (unpaired) electrons. The molecule has 0 aliphatic heterocycles. The van der Waals surface area contributed by atoms with Crippen LogP contribution in [0.15, 0.2) is 153 Å². The number of pyridine rings is 2. The monoisotopic (exact) mass is 770 g/mol. The van der Waals surface area contributed by atoms with Crippen LogP contribution in [0.25, 0.3) is 34.0 Å². The number of carbonyl (C=O) groups excluding carboxylic acids is 2. The van der Waals surface area contributed by atoms with Crippen LogP contribution in [-0.4, -0.2) is 56.3 Å². The minimum Gasteiger partial charge on any atom is -0.355 e. The molecule has 0 bridgehead atoms. The van der Waals surface area contributed by atoms with Gasteiger partial charge in [-0.15, -0.1) is 0 Å². The molecule has 12 heteroatoms. The van der Waals surface area contributed by atoms with Gasteiger partial charge < -0.3 is 10.6 Å². The number of aromatic amines is 2. The third-order valence-electron chi connectivity index (χ3n) is 8.34. The van der Waals surface area contributed by atoms with E-state index < -0.39 is 0 Å². The SMILES string of the molecule is CNC(=O)c1ccccc1Sc1ccc2c(/C=C\c3ccccn3)n[nH]c2c1.CNC(=O)c1ccccc1Sc1ccc2c(C#Cc3ccccn3)[nH]nc2c1. The van der Waals surface area contributed by atoms with E-state index in [1.54, 1.807) is 38.3 Å². The number of aromatic nitrogens is 6. The fraction of sp³-hybridized carbons (Fsp3) is 0.0455. The van der Waals surface area contributed by atoms with Gasteiger partial charge in [-0.1, -0.05) is 59.9 Å². The number of hydrogen-bond donors (Lipinski definition) is 4. The Bertz CT molecular complexity index is 2730. The first-order valence-corrected chi connectivity index (χ1v) is 19.1.